The van der Waals surface area contributed by atoms with Crippen LogP contribution in [0.4, 0.5) is 24.5 Å². The number of guanidine groups is 1. The molecule has 4 rings (SSSR count). The molecule has 1 heterocycles. The molecule has 13 heteroatoms. The van der Waals surface area contributed by atoms with Crippen molar-refractivity contribution in [1.29, 1.82) is 0 Å². The molecule has 3 aromatic rings. The lowest BCUT2D eigenvalue weighted by atomic mass is 10.2. The molecular formula is C31H34F3N5O5. The van der Waals surface area contributed by atoms with Gasteiger partial charge in [0.15, 0.2) is 5.96 Å². The predicted molar refractivity (Wildman–Crippen MR) is 161 cm³/mol. The maximum atomic E-state index is 12.5. The molecule has 1 fully saturated rings. The van der Waals surface area contributed by atoms with E-state index in [4.69, 9.17) is 14.9 Å². The lowest BCUT2D eigenvalue weighted by Gasteiger charge is -2.36. The number of carboxylic acid groups (broad SMARTS) is 2. The Hall–Kier alpha value is -4.91. The number of hydrogen-bond donors (Lipinski definition) is 4. The number of rotatable bonds is 8. The number of alkyl halides is 3. The summed E-state index contributed by atoms with van der Waals surface area (Å²) in [5, 5.41) is 22.7. The van der Waals surface area contributed by atoms with Crippen molar-refractivity contribution in [2.24, 2.45) is 4.99 Å². The van der Waals surface area contributed by atoms with Crippen molar-refractivity contribution in [1.82, 2.24) is 9.80 Å². The number of hydrogen-bond acceptors (Lipinski definition) is 5. The van der Waals surface area contributed by atoms with Crippen LogP contribution < -0.4 is 10.6 Å². The molecule has 1 aliphatic rings. The third-order valence-electron chi connectivity index (χ3n) is 6.51. The number of benzene rings is 3. The van der Waals surface area contributed by atoms with Gasteiger partial charge in [0.2, 0.25) is 5.91 Å². The highest BCUT2D eigenvalue weighted by Crippen LogP contribution is 2.14. The Morgan fingerprint density at radius 1 is 0.818 bits per heavy atom. The van der Waals surface area contributed by atoms with Crippen LogP contribution in [0.15, 0.2) is 83.9 Å². The van der Waals surface area contributed by atoms with Gasteiger partial charge in [0, 0.05) is 44.1 Å². The Morgan fingerprint density at radius 3 is 1.91 bits per heavy atom. The van der Waals surface area contributed by atoms with E-state index in [1.165, 1.54) is 5.56 Å². The number of nitrogens with one attached hydrogen (secondary N) is 2. The fourth-order valence-electron chi connectivity index (χ4n) is 4.14. The predicted octanol–water partition coefficient (Wildman–Crippen LogP) is 4.59. The van der Waals surface area contributed by atoms with Gasteiger partial charge < -0.3 is 25.7 Å². The van der Waals surface area contributed by atoms with Crippen molar-refractivity contribution >= 4 is 35.2 Å². The molecule has 44 heavy (non-hydrogen) atoms. The van der Waals surface area contributed by atoms with Crippen molar-refractivity contribution in [3.8, 4) is 0 Å². The van der Waals surface area contributed by atoms with Gasteiger partial charge in [0.05, 0.1) is 12.1 Å². The molecule has 0 spiro atoms. The zero-order valence-electron chi connectivity index (χ0n) is 24.1. The van der Waals surface area contributed by atoms with Crippen molar-refractivity contribution in [3.05, 3.63) is 95.6 Å². The number of carboxylic acids is 2. The molecule has 1 aliphatic heterocycles. The van der Waals surface area contributed by atoms with E-state index in [-0.39, 0.29) is 11.5 Å². The number of piperazine rings is 1. The van der Waals surface area contributed by atoms with Gasteiger partial charge in [-0.15, -0.1) is 0 Å². The molecular weight excluding hydrogens is 579 g/mol. The molecule has 0 atom stereocenters. The summed E-state index contributed by atoms with van der Waals surface area (Å²) < 4.78 is 31.7. The number of aliphatic imine (C=N–C) groups is 1. The summed E-state index contributed by atoms with van der Waals surface area (Å²) in [7, 11) is 0. The van der Waals surface area contributed by atoms with Gasteiger partial charge in [-0.3, -0.25) is 14.7 Å². The summed E-state index contributed by atoms with van der Waals surface area (Å²) in [5.74, 6) is -2.98. The van der Waals surface area contributed by atoms with E-state index in [1.807, 2.05) is 49.4 Å². The van der Waals surface area contributed by atoms with E-state index >= 15 is 0 Å². The van der Waals surface area contributed by atoms with E-state index in [9.17, 15) is 27.9 Å². The fraction of sp³-hybridized carbons (Fsp3) is 0.290. The molecule has 1 saturated heterocycles. The summed E-state index contributed by atoms with van der Waals surface area (Å²) >= 11 is 0. The number of carbonyl (C=O) groups is 3. The van der Waals surface area contributed by atoms with Gasteiger partial charge in [0.25, 0.3) is 0 Å². The number of amides is 1. The molecule has 10 nitrogen and oxygen atoms in total. The molecule has 0 unspecified atom stereocenters. The van der Waals surface area contributed by atoms with Crippen molar-refractivity contribution in [2.75, 3.05) is 49.9 Å². The first-order chi connectivity index (χ1) is 20.9. The number of aromatic carboxylic acids is 1. The summed E-state index contributed by atoms with van der Waals surface area (Å²) in [4.78, 5) is 41.8. The quantitative estimate of drug-likeness (QED) is 0.214. The van der Waals surface area contributed by atoms with Gasteiger partial charge in [0.1, 0.15) is 0 Å². The van der Waals surface area contributed by atoms with E-state index < -0.39 is 18.1 Å². The maximum absolute atomic E-state index is 12.5. The molecule has 4 N–H and O–H groups in total. The van der Waals surface area contributed by atoms with E-state index in [0.717, 1.165) is 55.5 Å². The van der Waals surface area contributed by atoms with Crippen molar-refractivity contribution < 1.29 is 37.8 Å². The van der Waals surface area contributed by atoms with E-state index in [1.54, 1.807) is 24.3 Å². The molecule has 0 aliphatic carbocycles. The SMILES string of the molecule is Cc1ccc(NC(=O)CN2CCN(C(=NCCc3ccccc3)Nc3ccc(C(=O)O)cc3)CC2)cc1.O=C(O)C(F)(F)F. The Morgan fingerprint density at radius 2 is 1.36 bits per heavy atom. The highest BCUT2D eigenvalue weighted by atomic mass is 19.4. The van der Waals surface area contributed by atoms with Gasteiger partial charge in [-0.25, -0.2) is 9.59 Å². The average Bonchev–Trinajstić information content (AvgIpc) is 2.99. The Labute approximate surface area is 252 Å². The third kappa shape index (κ3) is 11.4. The highest BCUT2D eigenvalue weighted by Gasteiger charge is 2.38. The van der Waals surface area contributed by atoms with E-state index in [2.05, 4.69) is 32.6 Å². The first kappa shape index (κ1) is 33.6. The largest absolute Gasteiger partial charge is 0.490 e. The summed E-state index contributed by atoms with van der Waals surface area (Å²) in [5.41, 5.74) is 4.21. The van der Waals surface area contributed by atoms with Crippen LogP contribution in [0, 0.1) is 6.92 Å². The Balaban J connectivity index is 0.000000676. The van der Waals surface area contributed by atoms with Gasteiger partial charge in [-0.1, -0.05) is 48.0 Å². The number of aryl methyl sites for hydroxylation is 1. The van der Waals surface area contributed by atoms with Crippen LogP contribution in [-0.4, -0.2) is 89.3 Å². The number of nitrogens with zero attached hydrogens (tertiary/aromatic N) is 3. The third-order valence-corrected chi connectivity index (χ3v) is 6.51. The first-order valence-corrected chi connectivity index (χ1v) is 13.7. The summed E-state index contributed by atoms with van der Waals surface area (Å²) in [6.45, 7) is 5.90. The van der Waals surface area contributed by atoms with Crippen molar-refractivity contribution in [3.63, 3.8) is 0 Å². The summed E-state index contributed by atoms with van der Waals surface area (Å²) in [6.07, 6.45) is -4.26. The molecule has 0 bridgehead atoms. The number of aliphatic carboxylic acids is 1. The van der Waals surface area contributed by atoms with Crippen LogP contribution in [-0.2, 0) is 16.0 Å². The molecule has 0 radical (unpaired) electrons. The Bertz CT molecular complexity index is 1410. The second-order valence-corrected chi connectivity index (χ2v) is 9.93. The minimum atomic E-state index is -5.08. The average molecular weight is 614 g/mol. The Kier molecular flexibility index (Phi) is 12.3. The zero-order valence-corrected chi connectivity index (χ0v) is 24.1. The van der Waals surface area contributed by atoms with Crippen molar-refractivity contribution in [2.45, 2.75) is 19.5 Å². The first-order valence-electron chi connectivity index (χ1n) is 13.7. The van der Waals surface area contributed by atoms with Crippen LogP contribution in [0.1, 0.15) is 21.5 Å². The van der Waals surface area contributed by atoms with Crippen LogP contribution in [0.2, 0.25) is 0 Å². The minimum Gasteiger partial charge on any atom is -0.478 e. The molecule has 1 amide bonds. The zero-order chi connectivity index (χ0) is 32.1. The van der Waals surface area contributed by atoms with Gasteiger partial charge >= 0.3 is 18.1 Å². The monoisotopic (exact) mass is 613 g/mol. The second-order valence-electron chi connectivity index (χ2n) is 9.93. The maximum Gasteiger partial charge on any atom is 0.490 e. The summed E-state index contributed by atoms with van der Waals surface area (Å²) in [6, 6.07) is 24.7. The van der Waals surface area contributed by atoms with Crippen LogP contribution >= 0.6 is 0 Å². The lowest BCUT2D eigenvalue weighted by Crippen LogP contribution is -2.52. The van der Waals surface area contributed by atoms with Gasteiger partial charge in [-0.2, -0.15) is 13.2 Å². The standard InChI is InChI=1S/C29H33N5O3.C2HF3O2/c1-22-7-11-25(12-8-22)31-27(35)21-33-17-19-34(20-18-33)29(30-16-15-23-5-3-2-4-6-23)32-26-13-9-24(10-14-26)28(36)37;3-2(4,5)1(6)7/h2-14H,15-21H2,1H3,(H,30,32)(H,31,35)(H,36,37);(H,6,7). The van der Waals surface area contributed by atoms with Gasteiger partial charge in [-0.05, 0) is 55.3 Å². The smallest absolute Gasteiger partial charge is 0.478 e. The van der Waals surface area contributed by atoms with Crippen LogP contribution in [0.3, 0.4) is 0 Å². The molecule has 0 saturated carbocycles. The highest BCUT2D eigenvalue weighted by molar-refractivity contribution is 5.95. The number of carbonyl (C=O) groups excluding carboxylic acids is 1. The normalized spacial score (nSPS) is 13.8. The van der Waals surface area contributed by atoms with Crippen LogP contribution in [0.5, 0.6) is 0 Å². The molecule has 3 aromatic carbocycles. The molecule has 0 aromatic heterocycles. The number of halogens is 3. The lowest BCUT2D eigenvalue weighted by molar-refractivity contribution is -0.192. The van der Waals surface area contributed by atoms with E-state index in [0.29, 0.717) is 13.1 Å². The topological polar surface area (TPSA) is 135 Å². The second kappa shape index (κ2) is 16.1. The molecule has 234 valence electrons. The van der Waals surface area contributed by atoms with Crippen LogP contribution in [0.25, 0.3) is 0 Å². The number of anilines is 2. The minimum absolute atomic E-state index is 0.0225. The fourth-order valence-corrected chi connectivity index (χ4v) is 4.14.